The summed E-state index contributed by atoms with van der Waals surface area (Å²) in [5.74, 6) is 3.22. The maximum atomic E-state index is 13.2. The van der Waals surface area contributed by atoms with Crippen LogP contribution < -0.4 is 0 Å². The van der Waals surface area contributed by atoms with E-state index in [0.717, 1.165) is 0 Å². The molecule has 0 atom stereocenters. The molecule has 0 N–H and O–H groups in total. The molecule has 80 valence electrons. The van der Waals surface area contributed by atoms with E-state index in [1.807, 2.05) is 6.07 Å². The van der Waals surface area contributed by atoms with Gasteiger partial charge in [-0.25, -0.2) is 9.18 Å². The summed E-state index contributed by atoms with van der Waals surface area (Å²) in [4.78, 5) is 10.7. The third-order valence-corrected chi connectivity index (χ3v) is 1.80. The van der Waals surface area contributed by atoms with Crippen molar-refractivity contribution in [3.8, 4) is 17.9 Å². The topological polar surface area (TPSA) is 50.1 Å². The Balaban J connectivity index is 3.02. The predicted molar refractivity (Wildman–Crippen MR) is 54.6 cm³/mol. The highest BCUT2D eigenvalue weighted by molar-refractivity contribution is 5.89. The largest absolute Gasteiger partial charge is 0.459 e. The van der Waals surface area contributed by atoms with Crippen LogP contribution in [0.1, 0.15) is 11.1 Å². The third-order valence-electron chi connectivity index (χ3n) is 1.80. The molecule has 1 rings (SSSR count). The summed E-state index contributed by atoms with van der Waals surface area (Å²) in [6.07, 6.45) is 0.174. The van der Waals surface area contributed by atoms with Gasteiger partial charge in [0.15, 0.2) is 0 Å². The van der Waals surface area contributed by atoms with Crippen LogP contribution in [0.3, 0.4) is 0 Å². The highest BCUT2D eigenvalue weighted by atomic mass is 19.1. The van der Waals surface area contributed by atoms with Crippen LogP contribution in [0.5, 0.6) is 0 Å². The van der Waals surface area contributed by atoms with E-state index in [1.54, 1.807) is 0 Å². The van der Waals surface area contributed by atoms with E-state index in [-0.39, 0.29) is 12.0 Å². The van der Waals surface area contributed by atoms with Crippen LogP contribution in [0.2, 0.25) is 0 Å². The maximum absolute atomic E-state index is 13.2. The van der Waals surface area contributed by atoms with E-state index in [2.05, 4.69) is 16.6 Å². The first-order valence-electron chi connectivity index (χ1n) is 4.42. The smallest absolute Gasteiger partial charge is 0.384 e. The fraction of sp³-hybridized carbons (Fsp3) is 0.167. The molecule has 1 aromatic carbocycles. The number of esters is 1. The Hall–Kier alpha value is -2.33. The van der Waals surface area contributed by atoms with E-state index in [4.69, 9.17) is 5.26 Å². The summed E-state index contributed by atoms with van der Waals surface area (Å²) in [5.41, 5.74) is 0.733. The van der Waals surface area contributed by atoms with Gasteiger partial charge in [-0.2, -0.15) is 5.26 Å². The number of nitriles is 1. The van der Waals surface area contributed by atoms with Gasteiger partial charge in [-0.1, -0.05) is 12.0 Å². The van der Waals surface area contributed by atoms with Crippen molar-refractivity contribution in [3.05, 3.63) is 35.1 Å². The lowest BCUT2D eigenvalue weighted by Crippen LogP contribution is -1.95. The SMILES string of the molecule is COC(=O)C#Cc1cc(CC#N)ccc1F. The molecule has 0 heterocycles. The molecule has 0 aliphatic rings. The van der Waals surface area contributed by atoms with Crippen molar-refractivity contribution in [3.63, 3.8) is 0 Å². The van der Waals surface area contributed by atoms with Crippen molar-refractivity contribution in [1.29, 1.82) is 5.26 Å². The van der Waals surface area contributed by atoms with Crippen molar-refractivity contribution in [1.82, 2.24) is 0 Å². The van der Waals surface area contributed by atoms with Gasteiger partial charge < -0.3 is 4.74 Å². The minimum absolute atomic E-state index is 0.0816. The van der Waals surface area contributed by atoms with E-state index in [1.165, 1.54) is 25.3 Å². The third kappa shape index (κ3) is 3.11. The highest BCUT2D eigenvalue weighted by Gasteiger charge is 2.01. The second-order valence-electron chi connectivity index (χ2n) is 2.89. The fourth-order valence-electron chi connectivity index (χ4n) is 1.04. The number of carbonyl (C=O) groups excluding carboxylic acids is 1. The van der Waals surface area contributed by atoms with Crippen molar-refractivity contribution in [2.24, 2.45) is 0 Å². The number of rotatable bonds is 1. The van der Waals surface area contributed by atoms with Crippen molar-refractivity contribution in [2.75, 3.05) is 7.11 Å². The summed E-state index contributed by atoms with van der Waals surface area (Å²) in [6.45, 7) is 0. The molecule has 0 fully saturated rings. The zero-order valence-corrected chi connectivity index (χ0v) is 8.58. The monoisotopic (exact) mass is 217 g/mol. The van der Waals surface area contributed by atoms with Crippen LogP contribution in [0.25, 0.3) is 0 Å². The molecular weight excluding hydrogens is 209 g/mol. The van der Waals surface area contributed by atoms with Gasteiger partial charge in [0.1, 0.15) is 5.82 Å². The van der Waals surface area contributed by atoms with Crippen molar-refractivity contribution >= 4 is 5.97 Å². The molecule has 0 radical (unpaired) electrons. The molecule has 3 nitrogen and oxygen atoms in total. The van der Waals surface area contributed by atoms with Gasteiger partial charge in [-0.15, -0.1) is 0 Å². The molecular formula is C12H8FNO2. The van der Waals surface area contributed by atoms with Gasteiger partial charge >= 0.3 is 5.97 Å². The minimum atomic E-state index is -0.731. The van der Waals surface area contributed by atoms with Gasteiger partial charge in [0.05, 0.1) is 25.2 Å². The molecule has 0 aliphatic carbocycles. The molecule has 16 heavy (non-hydrogen) atoms. The highest BCUT2D eigenvalue weighted by Crippen LogP contribution is 2.09. The van der Waals surface area contributed by atoms with Crippen molar-refractivity contribution in [2.45, 2.75) is 6.42 Å². The number of ether oxygens (including phenoxy) is 1. The Morgan fingerprint density at radius 2 is 2.31 bits per heavy atom. The lowest BCUT2D eigenvalue weighted by Gasteiger charge is -1.97. The fourth-order valence-corrected chi connectivity index (χ4v) is 1.04. The summed E-state index contributed by atoms with van der Waals surface area (Å²) >= 11 is 0. The van der Waals surface area contributed by atoms with Crippen LogP contribution >= 0.6 is 0 Å². The molecule has 0 spiro atoms. The molecule has 0 aliphatic heterocycles. The second-order valence-corrected chi connectivity index (χ2v) is 2.89. The average molecular weight is 217 g/mol. The Morgan fingerprint density at radius 1 is 1.56 bits per heavy atom. The summed E-state index contributed by atoms with van der Waals surface area (Å²) in [6, 6.07) is 6.10. The molecule has 0 saturated carbocycles. The maximum Gasteiger partial charge on any atom is 0.384 e. The zero-order valence-electron chi connectivity index (χ0n) is 8.58. The first kappa shape index (κ1) is 11.7. The zero-order chi connectivity index (χ0) is 12.0. The van der Waals surface area contributed by atoms with E-state index >= 15 is 0 Å². The first-order chi connectivity index (χ1) is 7.67. The predicted octanol–water partition coefficient (Wildman–Crippen LogP) is 1.42. The number of nitrogens with zero attached hydrogens (tertiary/aromatic N) is 1. The van der Waals surface area contributed by atoms with Gasteiger partial charge in [0, 0.05) is 5.92 Å². The molecule has 0 amide bonds. The van der Waals surface area contributed by atoms with Crippen LogP contribution in [-0.2, 0) is 16.0 Å². The van der Waals surface area contributed by atoms with E-state index < -0.39 is 11.8 Å². The first-order valence-corrected chi connectivity index (χ1v) is 4.42. The quantitative estimate of drug-likeness (QED) is 0.528. The number of hydrogen-bond donors (Lipinski definition) is 0. The molecule has 1 aromatic rings. The van der Waals surface area contributed by atoms with Gasteiger partial charge in [-0.05, 0) is 17.7 Å². The standard InChI is InChI=1S/C12H8FNO2/c1-16-12(15)5-3-10-8-9(6-7-14)2-4-11(10)13/h2,4,8H,6H2,1H3. The normalized spacial score (nSPS) is 8.56. The molecule has 0 bridgehead atoms. The van der Waals surface area contributed by atoms with Crippen LogP contribution in [0.4, 0.5) is 4.39 Å². The summed E-state index contributed by atoms with van der Waals surface area (Å²) in [7, 11) is 1.19. The van der Waals surface area contributed by atoms with E-state index in [0.29, 0.717) is 5.56 Å². The molecule has 0 saturated heterocycles. The molecule has 4 heteroatoms. The van der Waals surface area contributed by atoms with Crippen molar-refractivity contribution < 1.29 is 13.9 Å². The lowest BCUT2D eigenvalue weighted by atomic mass is 10.1. The Morgan fingerprint density at radius 3 is 2.94 bits per heavy atom. The lowest BCUT2D eigenvalue weighted by molar-refractivity contribution is -0.133. The molecule has 0 aromatic heterocycles. The number of halogens is 1. The van der Waals surface area contributed by atoms with Crippen LogP contribution in [0.15, 0.2) is 18.2 Å². The summed E-state index contributed by atoms with van der Waals surface area (Å²) < 4.78 is 17.5. The van der Waals surface area contributed by atoms with Crippen LogP contribution in [-0.4, -0.2) is 13.1 Å². The Bertz CT molecular complexity index is 506. The summed E-state index contributed by atoms with van der Waals surface area (Å²) in [5, 5.41) is 8.48. The number of carbonyl (C=O) groups is 1. The molecule has 0 unspecified atom stereocenters. The second kappa shape index (κ2) is 5.53. The Kier molecular flexibility index (Phi) is 4.06. The number of methoxy groups -OCH3 is 1. The van der Waals surface area contributed by atoms with Gasteiger partial charge in [0.25, 0.3) is 0 Å². The van der Waals surface area contributed by atoms with E-state index in [9.17, 15) is 9.18 Å². The minimum Gasteiger partial charge on any atom is -0.459 e. The van der Waals surface area contributed by atoms with Crippen LogP contribution in [0, 0.1) is 29.0 Å². The number of hydrogen-bond acceptors (Lipinski definition) is 3. The Labute approximate surface area is 92.5 Å². The van der Waals surface area contributed by atoms with Gasteiger partial charge in [-0.3, -0.25) is 0 Å². The number of benzene rings is 1. The van der Waals surface area contributed by atoms with Gasteiger partial charge in [0.2, 0.25) is 0 Å². The average Bonchev–Trinajstić information content (AvgIpc) is 2.29.